The van der Waals surface area contributed by atoms with Crippen LogP contribution in [0, 0.1) is 11.8 Å². The van der Waals surface area contributed by atoms with E-state index in [2.05, 4.69) is 5.32 Å². The van der Waals surface area contributed by atoms with Crippen LogP contribution in [0.5, 0.6) is 5.75 Å². The van der Waals surface area contributed by atoms with E-state index in [1.165, 1.54) is 31.1 Å². The molecule has 1 aromatic rings. The van der Waals surface area contributed by atoms with Crippen LogP contribution in [0.15, 0.2) is 34.8 Å². The molecule has 4 rings (SSSR count). The van der Waals surface area contributed by atoms with Crippen LogP contribution in [0.25, 0.3) is 0 Å². The Morgan fingerprint density at radius 2 is 1.67 bits per heavy atom. The third-order valence-electron chi connectivity index (χ3n) is 8.19. The van der Waals surface area contributed by atoms with Crippen molar-refractivity contribution in [1.82, 2.24) is 9.80 Å². The first-order valence-corrected chi connectivity index (χ1v) is 12.7. The number of Topliss-reactive ketones (excluding diaryl/α,β-unsaturated/α-hetero) is 2. The zero-order valence-corrected chi connectivity index (χ0v) is 25.2. The van der Waals surface area contributed by atoms with E-state index in [0.29, 0.717) is 12.1 Å². The molecule has 0 aromatic heterocycles. The molecule has 0 heterocycles. The van der Waals surface area contributed by atoms with Gasteiger partial charge in [0.05, 0.1) is 29.3 Å². The number of nitrogens with zero attached hydrogens (tertiary/aromatic N) is 2. The Morgan fingerprint density at radius 1 is 1.07 bits per heavy atom. The number of aliphatic hydroxyl groups is 4. The molecule has 3 aliphatic carbocycles. The monoisotopic (exact) mass is 630 g/mol. The van der Waals surface area contributed by atoms with Gasteiger partial charge in [0.1, 0.15) is 17.1 Å². The van der Waals surface area contributed by atoms with Crippen LogP contribution in [0.1, 0.15) is 35.2 Å². The van der Waals surface area contributed by atoms with Crippen molar-refractivity contribution in [2.24, 2.45) is 17.6 Å². The van der Waals surface area contributed by atoms with Gasteiger partial charge in [-0.25, -0.2) is 0 Å². The fraction of sp³-hybridized carbons (Fsp3) is 0.481. The molecule has 232 valence electrons. The summed E-state index contributed by atoms with van der Waals surface area (Å²) in [6, 6.07) is 1.60. The number of hydrogen-bond acceptors (Lipinski definition) is 11. The van der Waals surface area contributed by atoms with Gasteiger partial charge in [0, 0.05) is 24.5 Å². The van der Waals surface area contributed by atoms with Gasteiger partial charge < -0.3 is 41.5 Å². The van der Waals surface area contributed by atoms with E-state index in [-0.39, 0.29) is 42.5 Å². The molecule has 1 aromatic carbocycles. The summed E-state index contributed by atoms with van der Waals surface area (Å²) in [6.07, 6.45) is -1.57. The van der Waals surface area contributed by atoms with Gasteiger partial charge in [0.25, 0.3) is 5.91 Å². The minimum atomic E-state index is -2.99. The Balaban J connectivity index is 0.00000308. The molecule has 0 saturated carbocycles. The van der Waals surface area contributed by atoms with Crippen LogP contribution in [-0.2, 0) is 14.4 Å². The topological polar surface area (TPSA) is 214 Å². The zero-order chi connectivity index (χ0) is 30.0. The van der Waals surface area contributed by atoms with Gasteiger partial charge in [0.2, 0.25) is 11.7 Å². The molecule has 3 aliphatic rings. The van der Waals surface area contributed by atoms with E-state index in [9.17, 15) is 44.7 Å². The van der Waals surface area contributed by atoms with E-state index in [4.69, 9.17) is 5.73 Å². The second-order valence-corrected chi connectivity index (χ2v) is 11.1. The number of hydrogen-bond donors (Lipinski definition) is 7. The number of nitrogens with one attached hydrogen (secondary N) is 1. The second kappa shape index (κ2) is 12.2. The number of aromatic hydroxyl groups is 1. The van der Waals surface area contributed by atoms with Crippen molar-refractivity contribution in [2.75, 3.05) is 40.1 Å². The van der Waals surface area contributed by atoms with Crippen molar-refractivity contribution in [2.45, 2.75) is 37.0 Å². The maximum absolute atomic E-state index is 13.9. The number of primary amides is 1. The molecular formula is C27H36Cl2N4O9. The van der Waals surface area contributed by atoms with Crippen LogP contribution in [0.2, 0.25) is 0 Å². The first-order valence-electron chi connectivity index (χ1n) is 12.7. The van der Waals surface area contributed by atoms with Crippen molar-refractivity contribution >= 4 is 53.9 Å². The molecule has 0 fully saturated rings. The zero-order valence-electron chi connectivity index (χ0n) is 23.6. The van der Waals surface area contributed by atoms with Gasteiger partial charge in [-0.05, 0) is 45.7 Å². The molecule has 0 bridgehead atoms. The van der Waals surface area contributed by atoms with Gasteiger partial charge in [-0.15, -0.1) is 24.8 Å². The lowest BCUT2D eigenvalue weighted by atomic mass is 9.55. The molecule has 0 saturated heterocycles. The summed E-state index contributed by atoms with van der Waals surface area (Å²) in [5, 5.41) is 59.2. The third kappa shape index (κ3) is 5.03. The highest BCUT2D eigenvalue weighted by Crippen LogP contribution is 2.56. The second-order valence-electron chi connectivity index (χ2n) is 11.1. The van der Waals surface area contributed by atoms with Crippen LogP contribution in [-0.4, -0.2) is 111 Å². The quantitative estimate of drug-likeness (QED) is 0.168. The number of anilines is 1. The molecule has 5 unspecified atom stereocenters. The lowest BCUT2D eigenvalue weighted by Gasteiger charge is -2.53. The van der Waals surface area contributed by atoms with Gasteiger partial charge in [-0.1, -0.05) is 13.0 Å². The summed E-state index contributed by atoms with van der Waals surface area (Å²) in [5.41, 5.74) is 0.834. The number of carbonyl (C=O) groups excluding carboxylic acids is 4. The highest BCUT2D eigenvalue weighted by atomic mass is 35.5. The van der Waals surface area contributed by atoms with Crippen molar-refractivity contribution in [3.05, 3.63) is 45.9 Å². The molecule has 13 nitrogen and oxygen atoms in total. The molecule has 0 spiro atoms. The Morgan fingerprint density at radius 3 is 2.19 bits per heavy atom. The minimum Gasteiger partial charge on any atom is -0.510 e. The number of rotatable bonds is 6. The minimum absolute atomic E-state index is 0. The van der Waals surface area contributed by atoms with Crippen LogP contribution in [0.3, 0.4) is 0 Å². The van der Waals surface area contributed by atoms with E-state index >= 15 is 0 Å². The fourth-order valence-electron chi connectivity index (χ4n) is 6.26. The predicted octanol–water partition coefficient (Wildman–Crippen LogP) is 0.386. The maximum Gasteiger partial charge on any atom is 0.255 e. The van der Waals surface area contributed by atoms with Crippen molar-refractivity contribution in [1.29, 1.82) is 0 Å². The Bertz CT molecular complexity index is 1390. The number of amides is 2. The number of likely N-dealkylation sites (N-methyl/N-ethyl adjacent to an activating group) is 1. The summed E-state index contributed by atoms with van der Waals surface area (Å²) >= 11 is 0. The number of carbonyl (C=O) groups is 4. The summed E-state index contributed by atoms with van der Waals surface area (Å²) in [4.78, 5) is 54.9. The molecule has 8 N–H and O–H groups in total. The maximum atomic E-state index is 13.9. The first-order chi connectivity index (χ1) is 18.6. The normalized spacial score (nSPS) is 28.5. The average molecular weight is 632 g/mol. The summed E-state index contributed by atoms with van der Waals surface area (Å²) in [5.74, 6) is -10.2. The standard InChI is InChI=1S/C27H34N4O9.2ClH/c1-10-11-6-7-12(29-13(32)8-9-30(2)3)20(33)15(11)21(34)16-14(10)22(35)18-19(31(4)5)23(36)17(26(28)39)25(38)27(18,40)24(16)37;;/h6-7,10,14,18-19,22,33,35-37,40H,8-9H2,1-5H3,(H2,28,39)(H,29,32);2*1H/t10?,14?,18?,19-,22?,27?;;/m0../s1. The van der Waals surface area contributed by atoms with Crippen LogP contribution < -0.4 is 11.1 Å². The molecule has 6 atom stereocenters. The van der Waals surface area contributed by atoms with E-state index in [1.54, 1.807) is 25.9 Å². The number of phenolic OH excluding ortho intramolecular Hbond substituents is 1. The molecule has 0 aliphatic heterocycles. The van der Waals surface area contributed by atoms with Crippen molar-refractivity contribution < 1.29 is 44.7 Å². The Hall–Kier alpha value is -3.20. The molecule has 0 radical (unpaired) electrons. The van der Waals surface area contributed by atoms with Crippen molar-refractivity contribution in [3.63, 3.8) is 0 Å². The summed E-state index contributed by atoms with van der Waals surface area (Å²) < 4.78 is 0. The molecule has 42 heavy (non-hydrogen) atoms. The Kier molecular flexibility index (Phi) is 10.2. The molecule has 15 heteroatoms. The van der Waals surface area contributed by atoms with Gasteiger partial charge in [-0.3, -0.25) is 24.1 Å². The van der Waals surface area contributed by atoms with Crippen molar-refractivity contribution in [3.8, 4) is 5.75 Å². The Labute approximate surface area is 254 Å². The fourth-order valence-corrected chi connectivity index (χ4v) is 6.26. The number of ketones is 2. The van der Waals surface area contributed by atoms with Gasteiger partial charge >= 0.3 is 0 Å². The highest BCUT2D eigenvalue weighted by molar-refractivity contribution is 6.25. The van der Waals surface area contributed by atoms with Crippen LogP contribution >= 0.6 is 24.8 Å². The molecule has 2 amide bonds. The molecular weight excluding hydrogens is 595 g/mol. The number of fused-ring (bicyclic) bond motifs is 3. The van der Waals surface area contributed by atoms with Gasteiger partial charge in [0.15, 0.2) is 17.1 Å². The highest BCUT2D eigenvalue weighted by Gasteiger charge is 2.67. The lowest BCUT2D eigenvalue weighted by Crippen LogP contribution is -2.68. The number of aliphatic hydroxyl groups excluding tert-OH is 3. The van der Waals surface area contributed by atoms with E-state index < -0.39 is 87.3 Å². The van der Waals surface area contributed by atoms with Gasteiger partial charge in [-0.2, -0.15) is 0 Å². The number of nitrogens with two attached hydrogens (primary N) is 1. The third-order valence-corrected chi connectivity index (χ3v) is 8.19. The van der Waals surface area contributed by atoms with E-state index in [1.807, 2.05) is 0 Å². The number of benzene rings is 1. The van der Waals surface area contributed by atoms with E-state index in [0.717, 1.165) is 0 Å². The number of phenols is 1. The van der Waals surface area contributed by atoms with Crippen LogP contribution in [0.4, 0.5) is 5.69 Å². The summed E-state index contributed by atoms with van der Waals surface area (Å²) in [7, 11) is 6.52. The number of halogens is 2. The smallest absolute Gasteiger partial charge is 0.255 e. The first kappa shape index (κ1) is 35.0. The summed E-state index contributed by atoms with van der Waals surface area (Å²) in [6.45, 7) is 2.07. The SMILES string of the molecule is CC1c2ccc(NC(=O)CCN(C)C)c(O)c2C(=O)C2=C(O)C3(O)C(=O)C(C(N)=O)=C(O)[C@@H](N(C)C)C3C(O)C21.Cl.Cl. The average Bonchev–Trinajstić information content (AvgIpc) is 2.86. The lowest BCUT2D eigenvalue weighted by molar-refractivity contribution is -0.162. The largest absolute Gasteiger partial charge is 0.510 e. The predicted molar refractivity (Wildman–Crippen MR) is 156 cm³/mol.